The SMILES string of the molecule is O=[C]NCCCn1ccnc1. The Bertz CT molecular complexity index is 195. The zero-order chi connectivity index (χ0) is 7.94. The van der Waals surface area contributed by atoms with E-state index in [0.29, 0.717) is 6.54 Å². The number of rotatable bonds is 5. The van der Waals surface area contributed by atoms with Gasteiger partial charge in [-0.2, -0.15) is 0 Å². The summed E-state index contributed by atoms with van der Waals surface area (Å²) in [4.78, 5) is 13.6. The second-order valence-electron chi connectivity index (χ2n) is 2.18. The molecule has 59 valence electrons. The highest BCUT2D eigenvalue weighted by Crippen LogP contribution is 1.87. The second-order valence-corrected chi connectivity index (χ2v) is 2.18. The summed E-state index contributed by atoms with van der Waals surface area (Å²) < 4.78 is 1.96. The minimum Gasteiger partial charge on any atom is -0.348 e. The summed E-state index contributed by atoms with van der Waals surface area (Å²) in [6.45, 7) is 1.55. The number of hydrogen-bond acceptors (Lipinski definition) is 2. The first-order chi connectivity index (χ1) is 5.43. The van der Waals surface area contributed by atoms with Crippen molar-refractivity contribution in [3.8, 4) is 0 Å². The van der Waals surface area contributed by atoms with Crippen LogP contribution < -0.4 is 5.32 Å². The van der Waals surface area contributed by atoms with Crippen molar-refractivity contribution in [3.05, 3.63) is 18.7 Å². The molecule has 0 saturated carbocycles. The first kappa shape index (κ1) is 7.78. The average molecular weight is 152 g/mol. The normalized spacial score (nSPS) is 9.45. The monoisotopic (exact) mass is 152 g/mol. The fourth-order valence-corrected chi connectivity index (χ4v) is 0.820. The highest BCUT2D eigenvalue weighted by Gasteiger charge is 1.88. The highest BCUT2D eigenvalue weighted by atomic mass is 16.1. The Morgan fingerprint density at radius 3 is 3.18 bits per heavy atom. The third-order valence-corrected chi connectivity index (χ3v) is 1.35. The van der Waals surface area contributed by atoms with E-state index in [1.165, 1.54) is 0 Å². The van der Waals surface area contributed by atoms with Gasteiger partial charge in [0.25, 0.3) is 0 Å². The largest absolute Gasteiger partial charge is 0.348 e. The van der Waals surface area contributed by atoms with E-state index in [4.69, 9.17) is 0 Å². The van der Waals surface area contributed by atoms with Gasteiger partial charge in [-0.15, -0.1) is 0 Å². The van der Waals surface area contributed by atoms with Crippen molar-refractivity contribution in [1.82, 2.24) is 14.9 Å². The van der Waals surface area contributed by atoms with Gasteiger partial charge in [0.2, 0.25) is 0 Å². The summed E-state index contributed by atoms with van der Waals surface area (Å²) in [7, 11) is 0. The molecule has 1 N–H and O–H groups in total. The molecule has 0 aliphatic heterocycles. The summed E-state index contributed by atoms with van der Waals surface area (Å²) in [5, 5.41) is 2.47. The Morgan fingerprint density at radius 1 is 1.64 bits per heavy atom. The Kier molecular flexibility index (Phi) is 3.18. The van der Waals surface area contributed by atoms with E-state index >= 15 is 0 Å². The molecule has 0 unspecified atom stereocenters. The van der Waals surface area contributed by atoms with Gasteiger partial charge in [-0.1, -0.05) is 0 Å². The van der Waals surface area contributed by atoms with Crippen LogP contribution >= 0.6 is 0 Å². The predicted octanol–water partition coefficient (Wildman–Crippen LogP) is -0.0700. The molecule has 0 fully saturated rings. The van der Waals surface area contributed by atoms with Gasteiger partial charge in [-0.05, 0) is 6.42 Å². The van der Waals surface area contributed by atoms with Crippen LogP contribution in [0.1, 0.15) is 6.42 Å². The van der Waals surface area contributed by atoms with E-state index in [2.05, 4.69) is 10.3 Å². The number of amides is 1. The van der Waals surface area contributed by atoms with Gasteiger partial charge >= 0.3 is 6.41 Å². The maximum absolute atomic E-state index is 9.71. The lowest BCUT2D eigenvalue weighted by Crippen LogP contribution is -2.13. The number of nitrogens with one attached hydrogen (secondary N) is 1. The third kappa shape index (κ3) is 2.84. The smallest absolute Gasteiger partial charge is 0.309 e. The Labute approximate surface area is 65.2 Å². The molecule has 1 radical (unpaired) electrons. The number of hydrogen-bond donors (Lipinski definition) is 1. The summed E-state index contributed by atoms with van der Waals surface area (Å²) in [5.41, 5.74) is 0. The molecule has 1 aromatic heterocycles. The summed E-state index contributed by atoms with van der Waals surface area (Å²) in [6, 6.07) is 0. The fraction of sp³-hybridized carbons (Fsp3) is 0.429. The molecule has 0 saturated heterocycles. The quantitative estimate of drug-likeness (QED) is 0.474. The molecule has 0 aliphatic rings. The van der Waals surface area contributed by atoms with E-state index in [1.807, 2.05) is 10.8 Å². The molecule has 0 atom stereocenters. The molecule has 0 aliphatic carbocycles. The minimum absolute atomic E-state index is 0.668. The van der Waals surface area contributed by atoms with Crippen LogP contribution in [0, 0.1) is 0 Å². The first-order valence-corrected chi connectivity index (χ1v) is 3.49. The summed E-state index contributed by atoms with van der Waals surface area (Å²) >= 11 is 0. The van der Waals surface area contributed by atoms with Crippen molar-refractivity contribution in [2.24, 2.45) is 0 Å². The standard InChI is InChI=1S/C7H10N3O/c11-7-9-2-1-4-10-5-3-8-6-10/h3,5-6H,1-2,4H2,(H,9,11). The van der Waals surface area contributed by atoms with Gasteiger partial charge in [0, 0.05) is 25.5 Å². The van der Waals surface area contributed by atoms with Crippen molar-refractivity contribution in [2.45, 2.75) is 13.0 Å². The van der Waals surface area contributed by atoms with Crippen LogP contribution in [0.5, 0.6) is 0 Å². The molecule has 1 rings (SSSR count). The first-order valence-electron chi connectivity index (χ1n) is 3.49. The van der Waals surface area contributed by atoms with E-state index in [1.54, 1.807) is 18.9 Å². The van der Waals surface area contributed by atoms with Crippen LogP contribution in [0.3, 0.4) is 0 Å². The number of aromatic nitrogens is 2. The molecule has 0 aromatic carbocycles. The van der Waals surface area contributed by atoms with Crippen molar-refractivity contribution in [3.63, 3.8) is 0 Å². The third-order valence-electron chi connectivity index (χ3n) is 1.35. The van der Waals surface area contributed by atoms with Gasteiger partial charge in [-0.25, -0.2) is 4.98 Å². The Balaban J connectivity index is 2.09. The lowest BCUT2D eigenvalue weighted by atomic mass is 10.4. The number of nitrogens with zero attached hydrogens (tertiary/aromatic N) is 2. The molecule has 11 heavy (non-hydrogen) atoms. The zero-order valence-corrected chi connectivity index (χ0v) is 6.16. The van der Waals surface area contributed by atoms with Crippen molar-refractivity contribution < 1.29 is 4.79 Å². The van der Waals surface area contributed by atoms with Crippen molar-refractivity contribution >= 4 is 6.41 Å². The molecule has 4 nitrogen and oxygen atoms in total. The number of imidazole rings is 1. The second kappa shape index (κ2) is 4.49. The zero-order valence-electron chi connectivity index (χ0n) is 6.16. The average Bonchev–Trinajstić information content (AvgIpc) is 2.50. The fourth-order valence-electron chi connectivity index (χ4n) is 0.820. The molecule has 0 spiro atoms. The number of aryl methyl sites for hydroxylation is 1. The lowest BCUT2D eigenvalue weighted by Gasteiger charge is -1.99. The molecular formula is C7H10N3O. The van der Waals surface area contributed by atoms with Gasteiger partial charge in [0.05, 0.1) is 6.33 Å². The van der Waals surface area contributed by atoms with Gasteiger partial charge in [-0.3, -0.25) is 4.79 Å². The maximum Gasteiger partial charge on any atom is 0.309 e. The minimum atomic E-state index is 0.668. The van der Waals surface area contributed by atoms with Crippen LogP contribution in [-0.2, 0) is 11.3 Å². The summed E-state index contributed by atoms with van der Waals surface area (Å²) in [5.74, 6) is 0. The van der Waals surface area contributed by atoms with Gasteiger partial charge < -0.3 is 9.88 Å². The molecular weight excluding hydrogens is 142 g/mol. The topological polar surface area (TPSA) is 46.9 Å². The predicted molar refractivity (Wildman–Crippen MR) is 40.5 cm³/mol. The lowest BCUT2D eigenvalue weighted by molar-refractivity contribution is 0.535. The van der Waals surface area contributed by atoms with Gasteiger partial charge in [0.15, 0.2) is 0 Å². The van der Waals surface area contributed by atoms with Crippen LogP contribution in [0.25, 0.3) is 0 Å². The number of carbonyl (C=O) groups excluding carboxylic acids is 1. The molecule has 1 heterocycles. The van der Waals surface area contributed by atoms with Gasteiger partial charge in [0.1, 0.15) is 0 Å². The molecule has 1 aromatic rings. The van der Waals surface area contributed by atoms with Crippen LogP contribution in [-0.4, -0.2) is 22.5 Å². The molecule has 4 heteroatoms. The highest BCUT2D eigenvalue weighted by molar-refractivity contribution is 5.46. The van der Waals surface area contributed by atoms with E-state index in [-0.39, 0.29) is 0 Å². The van der Waals surface area contributed by atoms with E-state index in [9.17, 15) is 4.79 Å². The van der Waals surface area contributed by atoms with Crippen LogP contribution in [0.15, 0.2) is 18.7 Å². The Morgan fingerprint density at radius 2 is 2.55 bits per heavy atom. The van der Waals surface area contributed by atoms with E-state index in [0.717, 1.165) is 13.0 Å². The van der Waals surface area contributed by atoms with Crippen molar-refractivity contribution in [1.29, 1.82) is 0 Å². The Hall–Kier alpha value is -1.32. The summed E-state index contributed by atoms with van der Waals surface area (Å²) in [6.07, 6.45) is 7.91. The maximum atomic E-state index is 9.71. The van der Waals surface area contributed by atoms with Crippen molar-refractivity contribution in [2.75, 3.05) is 6.54 Å². The van der Waals surface area contributed by atoms with E-state index < -0.39 is 0 Å². The van der Waals surface area contributed by atoms with Crippen LogP contribution in [0.2, 0.25) is 0 Å². The molecule has 1 amide bonds. The molecule has 0 bridgehead atoms. The van der Waals surface area contributed by atoms with Crippen LogP contribution in [0.4, 0.5) is 0 Å².